The van der Waals surface area contributed by atoms with Gasteiger partial charge in [-0.2, -0.15) is 12.6 Å². The summed E-state index contributed by atoms with van der Waals surface area (Å²) in [5.74, 6) is -1.26. The van der Waals surface area contributed by atoms with Crippen LogP contribution in [0, 0.1) is 11.7 Å². The first kappa shape index (κ1) is 31.6. The summed E-state index contributed by atoms with van der Waals surface area (Å²) in [6.07, 6.45) is 4.92. The number of Topliss-reactive ketones (excluding diaryl/α,β-unsaturated/α-hetero) is 1. The highest BCUT2D eigenvalue weighted by Crippen LogP contribution is 2.39. The van der Waals surface area contributed by atoms with Crippen LogP contribution in [0.3, 0.4) is 0 Å². The first-order valence-electron chi connectivity index (χ1n) is 12.4. The van der Waals surface area contributed by atoms with Crippen LogP contribution in [0.25, 0.3) is 0 Å². The first-order chi connectivity index (χ1) is 16.8. The quantitative estimate of drug-likeness (QED) is 0.346. The van der Waals surface area contributed by atoms with Crippen molar-refractivity contribution in [1.82, 2.24) is 14.7 Å². The van der Waals surface area contributed by atoms with Crippen LogP contribution in [-0.2, 0) is 14.4 Å². The van der Waals surface area contributed by atoms with Crippen LogP contribution >= 0.6 is 37.4 Å². The molecule has 0 radical (unpaired) electrons. The molecule has 3 aliphatic rings. The number of thiol groups is 1. The predicted molar refractivity (Wildman–Crippen MR) is 148 cm³/mol. The Morgan fingerprint density at radius 3 is 2.41 bits per heavy atom. The molecule has 0 spiro atoms. The van der Waals surface area contributed by atoms with Gasteiger partial charge in [0.1, 0.15) is 11.9 Å². The minimum absolute atomic E-state index is 0. The van der Waals surface area contributed by atoms with Crippen LogP contribution in [0.5, 0.6) is 0 Å². The molecular weight excluding hydrogens is 540 g/mol. The van der Waals surface area contributed by atoms with Crippen molar-refractivity contribution in [3.63, 3.8) is 0 Å². The lowest BCUT2D eigenvalue weighted by atomic mass is 9.93. The predicted octanol–water partition coefficient (Wildman–Crippen LogP) is 3.63. The van der Waals surface area contributed by atoms with E-state index in [1.165, 1.54) is 6.07 Å². The van der Waals surface area contributed by atoms with E-state index >= 15 is 0 Å². The number of piperazine rings is 1. The van der Waals surface area contributed by atoms with Gasteiger partial charge in [0.05, 0.1) is 12.6 Å². The van der Waals surface area contributed by atoms with Crippen molar-refractivity contribution < 1.29 is 23.9 Å². The number of likely N-dealkylation sites (tertiary alicyclic amines) is 1. The molecule has 1 N–H and O–H groups in total. The summed E-state index contributed by atoms with van der Waals surface area (Å²) in [4.78, 5) is 42.9. The van der Waals surface area contributed by atoms with Gasteiger partial charge in [-0.3, -0.25) is 24.2 Å². The van der Waals surface area contributed by atoms with Gasteiger partial charge in [-0.1, -0.05) is 31.2 Å². The lowest BCUT2D eigenvalue weighted by Gasteiger charge is -2.39. The number of benzene rings is 1. The topological polar surface area (TPSA) is 81.2 Å². The van der Waals surface area contributed by atoms with E-state index in [0.29, 0.717) is 44.7 Å². The lowest BCUT2D eigenvalue weighted by molar-refractivity contribution is -0.147. The number of piperidine rings is 1. The number of aliphatic carboxylic acids is 1. The third-order valence-electron chi connectivity index (χ3n) is 7.35. The SMILES string of the molecule is CCC(C(=O)O)N1CCN(C/C=C2/CN(C(C(=O)C3CC3)c3ccccc3F)CCC2S)C(=O)C1.Cl.Cl. The van der Waals surface area contributed by atoms with E-state index in [9.17, 15) is 23.9 Å². The van der Waals surface area contributed by atoms with Gasteiger partial charge in [-0.05, 0) is 37.3 Å². The van der Waals surface area contributed by atoms with Gasteiger partial charge < -0.3 is 10.0 Å². The number of hydrogen-bond donors (Lipinski definition) is 2. The standard InChI is InChI=1S/C26H34FN3O4S.2ClH/c1-2-21(26(33)34)29-14-13-28(23(31)16-29)11-9-18-15-30(12-10-22(18)35)24(25(32)17-7-8-17)19-5-3-4-6-20(19)27;;/h3-6,9,17,21-22,24,35H,2,7-8,10-16H2,1H3,(H,33,34);2*1H/b18-9-;;. The van der Waals surface area contributed by atoms with Gasteiger partial charge in [-0.15, -0.1) is 24.8 Å². The molecule has 3 unspecified atom stereocenters. The second-order valence-corrected chi connectivity index (χ2v) is 10.4. The molecule has 7 nitrogen and oxygen atoms in total. The second kappa shape index (κ2) is 13.9. The summed E-state index contributed by atoms with van der Waals surface area (Å²) in [7, 11) is 0. The average Bonchev–Trinajstić information content (AvgIpc) is 3.67. The fourth-order valence-electron chi connectivity index (χ4n) is 5.13. The van der Waals surface area contributed by atoms with E-state index in [1.807, 2.05) is 13.0 Å². The molecular formula is C26H36Cl2FN3O4S. The zero-order valence-corrected chi connectivity index (χ0v) is 23.4. The molecule has 2 aliphatic heterocycles. The number of rotatable bonds is 9. The summed E-state index contributed by atoms with van der Waals surface area (Å²) in [6.45, 7) is 4.44. The molecule has 1 aromatic rings. The molecule has 1 aromatic carbocycles. The van der Waals surface area contributed by atoms with Crippen LogP contribution in [0.15, 0.2) is 35.9 Å². The van der Waals surface area contributed by atoms with Gasteiger partial charge in [0.25, 0.3) is 0 Å². The Kier molecular flexibility index (Phi) is 11.9. The minimum atomic E-state index is -0.902. The number of amides is 1. The van der Waals surface area contributed by atoms with Gasteiger partial charge in [0, 0.05) is 49.5 Å². The Hall–Kier alpha value is -1.65. The average molecular weight is 577 g/mol. The van der Waals surface area contributed by atoms with Crippen molar-refractivity contribution in [3.8, 4) is 0 Å². The Morgan fingerprint density at radius 1 is 1.11 bits per heavy atom. The van der Waals surface area contributed by atoms with E-state index in [4.69, 9.17) is 12.6 Å². The van der Waals surface area contributed by atoms with Crippen LogP contribution in [0.1, 0.15) is 44.2 Å². The molecule has 1 saturated carbocycles. The smallest absolute Gasteiger partial charge is 0.320 e. The highest BCUT2D eigenvalue weighted by atomic mass is 35.5. The molecule has 11 heteroatoms. The van der Waals surface area contributed by atoms with Gasteiger partial charge in [0.15, 0.2) is 5.78 Å². The fraction of sp³-hybridized carbons (Fsp3) is 0.577. The molecule has 0 aromatic heterocycles. The summed E-state index contributed by atoms with van der Waals surface area (Å²) in [5.41, 5.74) is 1.45. The molecule has 4 rings (SSSR count). The minimum Gasteiger partial charge on any atom is -0.480 e. The van der Waals surface area contributed by atoms with Crippen molar-refractivity contribution >= 4 is 55.1 Å². The van der Waals surface area contributed by atoms with Crippen LogP contribution < -0.4 is 0 Å². The van der Waals surface area contributed by atoms with Crippen molar-refractivity contribution in [1.29, 1.82) is 0 Å². The number of halogens is 3. The third-order valence-corrected chi connectivity index (χ3v) is 7.94. The molecule has 3 atom stereocenters. The van der Waals surface area contributed by atoms with Crippen LogP contribution in [0.2, 0.25) is 0 Å². The molecule has 37 heavy (non-hydrogen) atoms. The van der Waals surface area contributed by atoms with E-state index < -0.39 is 18.1 Å². The Bertz CT molecular complexity index is 1010. The zero-order valence-electron chi connectivity index (χ0n) is 20.9. The zero-order chi connectivity index (χ0) is 25.1. The normalized spacial score (nSPS) is 23.6. The maximum atomic E-state index is 14.7. The van der Waals surface area contributed by atoms with E-state index in [-0.39, 0.29) is 60.0 Å². The number of carboxylic acids is 1. The number of hydrogen-bond acceptors (Lipinski definition) is 6. The van der Waals surface area contributed by atoms with Crippen molar-refractivity contribution in [2.24, 2.45) is 5.92 Å². The lowest BCUT2D eigenvalue weighted by Crippen LogP contribution is -2.55. The fourth-order valence-corrected chi connectivity index (χ4v) is 5.44. The number of carbonyl (C=O) groups excluding carboxylic acids is 2. The highest BCUT2D eigenvalue weighted by molar-refractivity contribution is 7.81. The summed E-state index contributed by atoms with van der Waals surface area (Å²) >= 11 is 4.74. The molecule has 1 amide bonds. The van der Waals surface area contributed by atoms with Crippen molar-refractivity contribution in [2.45, 2.75) is 49.9 Å². The van der Waals surface area contributed by atoms with Gasteiger partial charge in [0.2, 0.25) is 5.91 Å². The highest BCUT2D eigenvalue weighted by Gasteiger charge is 2.41. The maximum absolute atomic E-state index is 14.7. The summed E-state index contributed by atoms with van der Waals surface area (Å²) in [6, 6.07) is 5.26. The second-order valence-electron chi connectivity index (χ2n) is 9.73. The van der Waals surface area contributed by atoms with Crippen molar-refractivity contribution in [3.05, 3.63) is 47.3 Å². The number of carboxylic acid groups (broad SMARTS) is 1. The van der Waals surface area contributed by atoms with Crippen molar-refractivity contribution in [2.75, 3.05) is 39.3 Å². The Morgan fingerprint density at radius 2 is 1.81 bits per heavy atom. The monoisotopic (exact) mass is 575 g/mol. The summed E-state index contributed by atoms with van der Waals surface area (Å²) in [5, 5.41) is 9.40. The molecule has 3 fully saturated rings. The van der Waals surface area contributed by atoms with E-state index in [2.05, 4.69) is 4.90 Å². The van der Waals surface area contributed by atoms with E-state index in [1.54, 1.807) is 28.0 Å². The van der Waals surface area contributed by atoms with Crippen LogP contribution in [-0.4, -0.2) is 88.0 Å². The number of carbonyl (C=O) groups is 3. The Balaban J connectivity index is 0.00000241. The van der Waals surface area contributed by atoms with E-state index in [0.717, 1.165) is 24.8 Å². The summed E-state index contributed by atoms with van der Waals surface area (Å²) < 4.78 is 14.7. The number of ketones is 1. The maximum Gasteiger partial charge on any atom is 0.320 e. The van der Waals surface area contributed by atoms with Gasteiger partial charge >= 0.3 is 5.97 Å². The molecule has 2 saturated heterocycles. The third kappa shape index (κ3) is 7.47. The Labute approximate surface area is 235 Å². The molecule has 206 valence electrons. The largest absolute Gasteiger partial charge is 0.480 e. The molecule has 1 aliphatic carbocycles. The van der Waals surface area contributed by atoms with Gasteiger partial charge in [-0.25, -0.2) is 4.39 Å². The number of nitrogens with zero attached hydrogens (tertiary/aromatic N) is 3. The first-order valence-corrected chi connectivity index (χ1v) is 13.0. The van der Waals surface area contributed by atoms with Crippen LogP contribution in [0.4, 0.5) is 4.39 Å². The molecule has 2 heterocycles. The molecule has 0 bridgehead atoms.